The number of carbonyl (C=O) groups excluding carboxylic acids is 1. The van der Waals surface area contributed by atoms with Crippen LogP contribution in [0.3, 0.4) is 0 Å². The second-order valence-corrected chi connectivity index (χ2v) is 7.34. The summed E-state index contributed by atoms with van der Waals surface area (Å²) in [6.45, 7) is 6.48. The molecule has 7 nitrogen and oxygen atoms in total. The van der Waals surface area contributed by atoms with Crippen LogP contribution in [-0.2, 0) is 4.74 Å². The number of rotatable bonds is 3. The summed E-state index contributed by atoms with van der Waals surface area (Å²) in [7, 11) is 0. The first kappa shape index (κ1) is 18.0. The zero-order valence-electron chi connectivity index (χ0n) is 15.1. The molecule has 26 heavy (non-hydrogen) atoms. The molecule has 0 unspecified atom stereocenters. The Morgan fingerprint density at radius 1 is 1.19 bits per heavy atom. The number of hydrogen-bond acceptors (Lipinski definition) is 5. The van der Waals surface area contributed by atoms with Gasteiger partial charge in [0.1, 0.15) is 17.5 Å². The largest absolute Gasteiger partial charge is 0.488 e. The molecule has 3 rings (SSSR count). The van der Waals surface area contributed by atoms with E-state index in [0.29, 0.717) is 36.0 Å². The lowest BCUT2D eigenvalue weighted by Gasteiger charge is -2.24. The Balaban J connectivity index is 1.76. The van der Waals surface area contributed by atoms with E-state index in [1.807, 2.05) is 26.8 Å². The summed E-state index contributed by atoms with van der Waals surface area (Å²) in [6.07, 6.45) is 0.162. The van der Waals surface area contributed by atoms with Gasteiger partial charge in [-0.25, -0.2) is 4.79 Å². The van der Waals surface area contributed by atoms with Crippen LogP contribution in [0.2, 0.25) is 0 Å². The van der Waals surface area contributed by atoms with Gasteiger partial charge in [-0.3, -0.25) is 10.1 Å². The van der Waals surface area contributed by atoms with E-state index in [0.717, 1.165) is 0 Å². The van der Waals surface area contributed by atoms with Gasteiger partial charge in [-0.2, -0.15) is 0 Å². The van der Waals surface area contributed by atoms with Crippen LogP contribution in [0.4, 0.5) is 10.5 Å². The van der Waals surface area contributed by atoms with Crippen molar-refractivity contribution >= 4 is 22.6 Å². The van der Waals surface area contributed by atoms with Gasteiger partial charge in [0.05, 0.1) is 16.9 Å². The molecular formula is C19H22N2O5. The van der Waals surface area contributed by atoms with Gasteiger partial charge in [-0.15, -0.1) is 0 Å². The lowest BCUT2D eigenvalue weighted by Crippen LogP contribution is -2.36. The monoisotopic (exact) mass is 358 g/mol. The van der Waals surface area contributed by atoms with Crippen LogP contribution in [0.25, 0.3) is 10.8 Å². The number of benzene rings is 2. The molecule has 0 N–H and O–H groups in total. The summed E-state index contributed by atoms with van der Waals surface area (Å²) in [5, 5.41) is 12.4. The number of ether oxygens (including phenoxy) is 2. The van der Waals surface area contributed by atoms with Gasteiger partial charge in [-0.05, 0) is 32.9 Å². The normalized spacial score (nSPS) is 17.3. The van der Waals surface area contributed by atoms with Gasteiger partial charge < -0.3 is 14.4 Å². The SMILES string of the molecule is CC(C)(C)OC(=O)N1CC[C@@H](Oc2ccc([N+](=O)[O-])c3ccccc23)C1. The van der Waals surface area contributed by atoms with E-state index < -0.39 is 10.5 Å². The van der Waals surface area contributed by atoms with Crippen molar-refractivity contribution in [3.8, 4) is 5.75 Å². The minimum absolute atomic E-state index is 0.0507. The predicted molar refractivity (Wildman–Crippen MR) is 97.4 cm³/mol. The number of non-ortho nitro benzene ring substituents is 1. The van der Waals surface area contributed by atoms with E-state index in [1.54, 1.807) is 29.2 Å². The molecule has 0 spiro atoms. The molecule has 0 aliphatic carbocycles. The van der Waals surface area contributed by atoms with E-state index >= 15 is 0 Å². The summed E-state index contributed by atoms with van der Waals surface area (Å²) < 4.78 is 11.5. The van der Waals surface area contributed by atoms with Crippen molar-refractivity contribution in [2.45, 2.75) is 38.9 Å². The fourth-order valence-corrected chi connectivity index (χ4v) is 3.01. The highest BCUT2D eigenvalue weighted by Crippen LogP contribution is 2.34. The van der Waals surface area contributed by atoms with Gasteiger partial charge in [-0.1, -0.05) is 18.2 Å². The maximum Gasteiger partial charge on any atom is 0.410 e. The Bertz CT molecular complexity index is 843. The molecule has 2 aromatic carbocycles. The molecule has 2 aromatic rings. The number of carbonyl (C=O) groups is 1. The molecule has 1 saturated heterocycles. The first-order chi connectivity index (χ1) is 12.2. The van der Waals surface area contributed by atoms with E-state index in [1.165, 1.54) is 6.07 Å². The summed E-state index contributed by atoms with van der Waals surface area (Å²) in [5.41, 5.74) is -0.486. The third-order valence-electron chi connectivity index (χ3n) is 4.15. The molecule has 1 amide bonds. The predicted octanol–water partition coefficient (Wildman–Crippen LogP) is 4.14. The lowest BCUT2D eigenvalue weighted by molar-refractivity contribution is -0.383. The topological polar surface area (TPSA) is 81.9 Å². The Kier molecular flexibility index (Phi) is 4.71. The van der Waals surface area contributed by atoms with Crippen molar-refractivity contribution in [1.29, 1.82) is 0 Å². The van der Waals surface area contributed by atoms with Crippen LogP contribution in [0, 0.1) is 10.1 Å². The van der Waals surface area contributed by atoms with Crippen molar-refractivity contribution in [2.24, 2.45) is 0 Å². The molecule has 0 saturated carbocycles. The number of nitro benzene ring substituents is 1. The Hall–Kier alpha value is -2.83. The maximum absolute atomic E-state index is 12.2. The van der Waals surface area contributed by atoms with Gasteiger partial charge in [0.2, 0.25) is 0 Å². The standard InChI is InChI=1S/C19H22N2O5/c1-19(2,3)26-18(22)20-11-10-13(12-20)25-17-9-8-16(21(23)24)14-6-4-5-7-15(14)17/h4-9,13H,10-12H2,1-3H3/t13-/m1/s1. The van der Waals surface area contributed by atoms with Gasteiger partial charge >= 0.3 is 6.09 Å². The van der Waals surface area contributed by atoms with Crippen LogP contribution >= 0.6 is 0 Å². The second-order valence-electron chi connectivity index (χ2n) is 7.34. The van der Waals surface area contributed by atoms with Crippen LogP contribution in [0.15, 0.2) is 36.4 Å². The molecule has 1 fully saturated rings. The average Bonchev–Trinajstić information content (AvgIpc) is 3.02. The lowest BCUT2D eigenvalue weighted by atomic mass is 10.1. The summed E-state index contributed by atoms with van der Waals surface area (Å²) >= 11 is 0. The van der Waals surface area contributed by atoms with Crippen LogP contribution in [-0.4, -0.2) is 40.7 Å². The highest BCUT2D eigenvalue weighted by Gasteiger charge is 2.31. The zero-order chi connectivity index (χ0) is 18.9. The highest BCUT2D eigenvalue weighted by molar-refractivity contribution is 5.95. The van der Waals surface area contributed by atoms with Crippen molar-refractivity contribution in [3.63, 3.8) is 0 Å². The number of hydrogen-bond donors (Lipinski definition) is 0. The Morgan fingerprint density at radius 2 is 1.88 bits per heavy atom. The van der Waals surface area contributed by atoms with Gasteiger partial charge in [0.15, 0.2) is 0 Å². The van der Waals surface area contributed by atoms with Crippen LogP contribution in [0.1, 0.15) is 27.2 Å². The number of nitrogens with zero attached hydrogens (tertiary/aromatic N) is 2. The number of fused-ring (bicyclic) bond motifs is 1. The maximum atomic E-state index is 12.2. The average molecular weight is 358 g/mol. The number of nitro groups is 1. The molecular weight excluding hydrogens is 336 g/mol. The van der Waals surface area contributed by atoms with Crippen molar-refractivity contribution < 1.29 is 19.2 Å². The second kappa shape index (κ2) is 6.82. The van der Waals surface area contributed by atoms with E-state index in [-0.39, 0.29) is 17.9 Å². The van der Waals surface area contributed by atoms with Crippen molar-refractivity contribution in [2.75, 3.05) is 13.1 Å². The molecule has 0 radical (unpaired) electrons. The fourth-order valence-electron chi connectivity index (χ4n) is 3.01. The minimum atomic E-state index is -0.537. The van der Waals surface area contributed by atoms with Crippen LogP contribution < -0.4 is 4.74 Å². The Labute approximate surface area is 151 Å². The third-order valence-corrected chi connectivity index (χ3v) is 4.15. The molecule has 1 atom stereocenters. The van der Waals surface area contributed by atoms with Gasteiger partial charge in [0, 0.05) is 24.4 Å². The number of amides is 1. The molecule has 138 valence electrons. The smallest absolute Gasteiger partial charge is 0.410 e. The summed E-state index contributed by atoms with van der Waals surface area (Å²) in [6, 6.07) is 10.2. The molecule has 0 aromatic heterocycles. The van der Waals surface area contributed by atoms with Gasteiger partial charge in [0.25, 0.3) is 5.69 Å². The van der Waals surface area contributed by atoms with Crippen molar-refractivity contribution in [3.05, 3.63) is 46.5 Å². The minimum Gasteiger partial charge on any atom is -0.488 e. The van der Waals surface area contributed by atoms with E-state index in [9.17, 15) is 14.9 Å². The molecule has 1 aliphatic heterocycles. The Morgan fingerprint density at radius 3 is 2.54 bits per heavy atom. The molecule has 1 aliphatic rings. The summed E-state index contributed by atoms with van der Waals surface area (Å²) in [4.78, 5) is 24.6. The highest BCUT2D eigenvalue weighted by atomic mass is 16.6. The van der Waals surface area contributed by atoms with Crippen molar-refractivity contribution in [1.82, 2.24) is 4.90 Å². The quantitative estimate of drug-likeness (QED) is 0.608. The fraction of sp³-hybridized carbons (Fsp3) is 0.421. The van der Waals surface area contributed by atoms with E-state index in [2.05, 4.69) is 0 Å². The summed E-state index contributed by atoms with van der Waals surface area (Å²) in [5.74, 6) is 0.585. The first-order valence-corrected chi connectivity index (χ1v) is 8.55. The van der Waals surface area contributed by atoms with E-state index in [4.69, 9.17) is 9.47 Å². The number of likely N-dealkylation sites (tertiary alicyclic amines) is 1. The third kappa shape index (κ3) is 3.87. The zero-order valence-corrected chi connectivity index (χ0v) is 15.1. The molecule has 0 bridgehead atoms. The molecule has 7 heteroatoms. The van der Waals surface area contributed by atoms with Crippen LogP contribution in [0.5, 0.6) is 5.75 Å². The molecule has 1 heterocycles. The first-order valence-electron chi connectivity index (χ1n) is 8.55.